The van der Waals surface area contributed by atoms with Gasteiger partial charge in [-0.3, -0.25) is 19.4 Å². The summed E-state index contributed by atoms with van der Waals surface area (Å²) in [6, 6.07) is 17.0. The van der Waals surface area contributed by atoms with E-state index < -0.39 is 35.8 Å². The fourth-order valence-electron chi connectivity index (χ4n) is 6.45. The van der Waals surface area contributed by atoms with E-state index in [1.807, 2.05) is 36.4 Å². The third kappa shape index (κ3) is 5.31. The zero-order valence-electron chi connectivity index (χ0n) is 23.5. The van der Waals surface area contributed by atoms with Crippen molar-refractivity contribution >= 4 is 81.6 Å². The van der Waals surface area contributed by atoms with Crippen LogP contribution in [0.5, 0.6) is 0 Å². The second-order valence-corrected chi connectivity index (χ2v) is 12.9. The van der Waals surface area contributed by atoms with Crippen molar-refractivity contribution in [1.29, 1.82) is 0 Å². The van der Waals surface area contributed by atoms with Crippen molar-refractivity contribution < 1.29 is 14.4 Å². The van der Waals surface area contributed by atoms with Crippen molar-refractivity contribution in [3.05, 3.63) is 104 Å². The van der Waals surface area contributed by atoms with Crippen molar-refractivity contribution in [2.45, 2.75) is 37.4 Å². The Hall–Kier alpha value is -3.76. The lowest BCUT2D eigenvalue weighted by Gasteiger charge is -2.30. The number of amides is 3. The smallest absolute Gasteiger partial charge is 0.264 e. The summed E-state index contributed by atoms with van der Waals surface area (Å²) in [5.74, 6) is -1.66. The van der Waals surface area contributed by atoms with E-state index in [0.717, 1.165) is 46.6 Å². The maximum absolute atomic E-state index is 14.1. The second kappa shape index (κ2) is 11.9. The normalized spacial score (nSPS) is 24.8. The molecule has 0 aromatic heterocycles. The summed E-state index contributed by atoms with van der Waals surface area (Å²) < 4.78 is 0. The number of hydrogen-bond acceptors (Lipinski definition) is 7. The molecule has 0 radical (unpaired) electrons. The average Bonchev–Trinajstić information content (AvgIpc) is 3.69. The lowest BCUT2D eigenvalue weighted by molar-refractivity contribution is -0.136. The molecular formula is C32H24Cl4N6O3. The number of fused-ring (bicyclic) bond motifs is 2. The highest BCUT2D eigenvalue weighted by atomic mass is 35.5. The minimum Gasteiger partial charge on any atom is -0.271 e. The molecular weight excluding hydrogens is 658 g/mol. The van der Waals surface area contributed by atoms with Gasteiger partial charge in [-0.05, 0) is 78.4 Å². The maximum Gasteiger partial charge on any atom is 0.264 e. The van der Waals surface area contributed by atoms with Crippen LogP contribution in [0.4, 0.5) is 5.69 Å². The van der Waals surface area contributed by atoms with Crippen LogP contribution in [-0.4, -0.2) is 52.1 Å². The lowest BCUT2D eigenvalue weighted by Crippen LogP contribution is -2.45. The van der Waals surface area contributed by atoms with E-state index in [1.54, 1.807) is 30.3 Å². The quantitative estimate of drug-likeness (QED) is 0.262. The third-order valence-corrected chi connectivity index (χ3v) is 9.61. The van der Waals surface area contributed by atoms with E-state index in [0.29, 0.717) is 10.0 Å². The first-order valence-corrected chi connectivity index (χ1v) is 15.8. The molecule has 3 heterocycles. The van der Waals surface area contributed by atoms with Crippen LogP contribution in [0.1, 0.15) is 36.4 Å². The molecule has 4 atom stereocenters. The van der Waals surface area contributed by atoms with Gasteiger partial charge in [-0.25, -0.2) is 9.91 Å². The number of imide groups is 1. The Morgan fingerprint density at radius 3 is 2.22 bits per heavy atom. The molecule has 3 amide bonds. The molecule has 0 spiro atoms. The number of allylic oxidation sites excluding steroid dienone is 1. The molecule has 1 aliphatic carbocycles. The van der Waals surface area contributed by atoms with Gasteiger partial charge in [0.25, 0.3) is 17.7 Å². The molecule has 0 bridgehead atoms. The van der Waals surface area contributed by atoms with Gasteiger partial charge in [-0.2, -0.15) is 10.2 Å². The van der Waals surface area contributed by atoms with Crippen LogP contribution in [0.3, 0.4) is 0 Å². The highest BCUT2D eigenvalue weighted by Gasteiger charge is 2.56. The molecule has 7 rings (SSSR count). The van der Waals surface area contributed by atoms with Gasteiger partial charge in [0, 0.05) is 16.0 Å². The number of anilines is 1. The fourth-order valence-corrected chi connectivity index (χ4v) is 7.27. The van der Waals surface area contributed by atoms with Crippen LogP contribution < -0.4 is 4.90 Å². The fraction of sp³-hybridized carbons (Fsp3) is 0.250. The van der Waals surface area contributed by atoms with Crippen LogP contribution >= 0.6 is 46.4 Å². The first kappa shape index (κ1) is 29.9. The topological polar surface area (TPSA) is 98.0 Å². The van der Waals surface area contributed by atoms with Gasteiger partial charge in [0.15, 0.2) is 12.1 Å². The van der Waals surface area contributed by atoms with Crippen molar-refractivity contribution in [3.8, 4) is 0 Å². The highest BCUT2D eigenvalue weighted by Crippen LogP contribution is 2.45. The average molecular weight is 682 g/mol. The number of benzene rings is 3. The van der Waals surface area contributed by atoms with E-state index >= 15 is 0 Å². The van der Waals surface area contributed by atoms with Crippen LogP contribution in [0, 0.1) is 5.92 Å². The summed E-state index contributed by atoms with van der Waals surface area (Å²) in [4.78, 5) is 41.9. The summed E-state index contributed by atoms with van der Waals surface area (Å²) >= 11 is 25.0. The van der Waals surface area contributed by atoms with Crippen LogP contribution in [-0.2, 0) is 14.4 Å². The van der Waals surface area contributed by atoms with Crippen LogP contribution in [0.15, 0.2) is 87.7 Å². The molecule has 9 nitrogen and oxygen atoms in total. The third-order valence-electron chi connectivity index (χ3n) is 8.50. The maximum atomic E-state index is 14.1. The van der Waals surface area contributed by atoms with Gasteiger partial charge < -0.3 is 0 Å². The summed E-state index contributed by atoms with van der Waals surface area (Å²) in [5.41, 5.74) is 3.85. The predicted molar refractivity (Wildman–Crippen MR) is 173 cm³/mol. The standard InChI is InChI=1S/C32H24Cl4N6O3/c33-20-11-7-17(8-12-20)15-19-3-1-4-22-26(19)38-42(28(22)18-9-13-21(34)14-10-18)25(43)16-40-30-27(37-39-40)31(44)41(32(30)45)29-23(35)5-2-6-24(29)36/h2,5-15,22,27-28,30H,1,3-4,16H2/b19-15+/t22-,27+,28-,30+/m0/s1. The molecule has 3 aromatic carbocycles. The van der Waals surface area contributed by atoms with Gasteiger partial charge >= 0.3 is 0 Å². The molecule has 45 heavy (non-hydrogen) atoms. The van der Waals surface area contributed by atoms with Gasteiger partial charge in [0.1, 0.15) is 6.54 Å². The highest BCUT2D eigenvalue weighted by molar-refractivity contribution is 6.42. The molecule has 3 aromatic rings. The van der Waals surface area contributed by atoms with Gasteiger partial charge in [-0.15, -0.1) is 0 Å². The molecule has 3 aliphatic heterocycles. The van der Waals surface area contributed by atoms with E-state index in [1.165, 1.54) is 10.0 Å². The minimum atomic E-state index is -1.12. The largest absolute Gasteiger partial charge is 0.271 e. The number of halogens is 4. The minimum absolute atomic E-state index is 0.0528. The number of para-hydroxylation sites is 1. The van der Waals surface area contributed by atoms with Crippen LogP contribution in [0.2, 0.25) is 20.1 Å². The molecule has 228 valence electrons. The zero-order chi connectivity index (χ0) is 31.4. The van der Waals surface area contributed by atoms with E-state index in [4.69, 9.17) is 51.5 Å². The molecule has 2 fully saturated rings. The Kier molecular flexibility index (Phi) is 7.90. The lowest BCUT2D eigenvalue weighted by atomic mass is 9.77. The van der Waals surface area contributed by atoms with E-state index in [9.17, 15) is 14.4 Å². The SMILES string of the molecule is O=C1[C@@H]2N=NN(CC(=O)N3N=C4/C(=C/c5ccc(Cl)cc5)CCC[C@@H]4[C@@H]3c3ccc(Cl)cc3)[C@H]2C(=O)N1c1c(Cl)cccc1Cl. The second-order valence-electron chi connectivity index (χ2n) is 11.2. The summed E-state index contributed by atoms with van der Waals surface area (Å²) in [5, 5.41) is 17.3. The van der Waals surface area contributed by atoms with Gasteiger partial charge in [0.2, 0.25) is 0 Å². The molecule has 4 aliphatic rings. The molecule has 0 unspecified atom stereocenters. The van der Waals surface area contributed by atoms with Crippen molar-refractivity contribution in [1.82, 2.24) is 10.0 Å². The Balaban J connectivity index is 1.19. The first-order valence-electron chi connectivity index (χ1n) is 14.3. The number of carbonyl (C=O) groups is 3. The Morgan fingerprint density at radius 2 is 1.53 bits per heavy atom. The summed E-state index contributed by atoms with van der Waals surface area (Å²) in [6.45, 7) is -0.322. The van der Waals surface area contributed by atoms with Gasteiger partial charge in [-0.1, -0.05) is 82.0 Å². The predicted octanol–water partition coefficient (Wildman–Crippen LogP) is 7.42. The van der Waals surface area contributed by atoms with Crippen molar-refractivity contribution in [2.75, 3.05) is 11.4 Å². The molecule has 0 N–H and O–H groups in total. The first-order chi connectivity index (χ1) is 21.7. The number of hydrazone groups is 1. The number of rotatable bonds is 5. The summed E-state index contributed by atoms with van der Waals surface area (Å²) in [6.07, 6.45) is 4.66. The van der Waals surface area contributed by atoms with Crippen molar-refractivity contribution in [2.24, 2.45) is 21.4 Å². The summed E-state index contributed by atoms with van der Waals surface area (Å²) in [7, 11) is 0. The Bertz CT molecular complexity index is 1790. The zero-order valence-corrected chi connectivity index (χ0v) is 26.5. The van der Waals surface area contributed by atoms with Crippen molar-refractivity contribution in [3.63, 3.8) is 0 Å². The monoisotopic (exact) mass is 680 g/mol. The molecule has 13 heteroatoms. The van der Waals surface area contributed by atoms with E-state index in [-0.39, 0.29) is 28.2 Å². The number of carbonyl (C=O) groups excluding carboxylic acids is 3. The molecule has 1 saturated carbocycles. The number of hydrogen-bond donors (Lipinski definition) is 0. The Labute approximate surface area is 278 Å². The number of nitrogens with zero attached hydrogens (tertiary/aromatic N) is 6. The Morgan fingerprint density at radius 1 is 0.867 bits per heavy atom. The van der Waals surface area contributed by atoms with Gasteiger partial charge in [0.05, 0.1) is 27.5 Å². The van der Waals surface area contributed by atoms with Crippen LogP contribution in [0.25, 0.3) is 6.08 Å². The molecule has 1 saturated heterocycles. The van der Waals surface area contributed by atoms with E-state index in [2.05, 4.69) is 16.4 Å².